The number of hydrogen-bond acceptors (Lipinski definition) is 8. The fourth-order valence-electron chi connectivity index (χ4n) is 3.18. The van der Waals surface area contributed by atoms with Crippen LogP contribution < -0.4 is 10.2 Å². The van der Waals surface area contributed by atoms with Crippen LogP contribution in [0.2, 0.25) is 0 Å². The molecule has 2 aromatic heterocycles. The van der Waals surface area contributed by atoms with E-state index in [9.17, 15) is 10.1 Å². The highest BCUT2D eigenvalue weighted by molar-refractivity contribution is 5.93. The van der Waals surface area contributed by atoms with Gasteiger partial charge in [-0.3, -0.25) is 15.0 Å². The maximum absolute atomic E-state index is 12.4. The quantitative estimate of drug-likeness (QED) is 0.843. The molecule has 1 aliphatic carbocycles. The van der Waals surface area contributed by atoms with Crippen molar-refractivity contribution >= 4 is 17.7 Å². The Morgan fingerprint density at radius 3 is 2.63 bits per heavy atom. The van der Waals surface area contributed by atoms with E-state index in [2.05, 4.69) is 31.2 Å². The molecule has 0 spiro atoms. The molecule has 2 fully saturated rings. The number of hydrogen-bond donors (Lipinski definition) is 1. The van der Waals surface area contributed by atoms with Crippen molar-refractivity contribution in [3.8, 4) is 6.07 Å². The molecule has 1 atom stereocenters. The van der Waals surface area contributed by atoms with Gasteiger partial charge < -0.3 is 9.32 Å². The number of rotatable bonds is 5. The summed E-state index contributed by atoms with van der Waals surface area (Å²) < 4.78 is 5.87. The average molecular weight is 367 g/mol. The van der Waals surface area contributed by atoms with Crippen molar-refractivity contribution in [2.45, 2.75) is 31.7 Å². The summed E-state index contributed by atoms with van der Waals surface area (Å²) in [5, 5.41) is 12.1. The molecule has 4 rings (SSSR count). The summed E-state index contributed by atoms with van der Waals surface area (Å²) in [5.41, 5.74) is 0.359. The molecule has 3 heterocycles. The Balaban J connectivity index is 1.36. The number of carbonyl (C=O) groups is 1. The number of anilines is 2. The van der Waals surface area contributed by atoms with Crippen molar-refractivity contribution in [2.75, 3.05) is 36.4 Å². The van der Waals surface area contributed by atoms with E-state index in [0.717, 1.165) is 12.8 Å². The van der Waals surface area contributed by atoms with Gasteiger partial charge in [-0.1, -0.05) is 0 Å². The lowest BCUT2D eigenvalue weighted by atomic mass is 10.2. The predicted octanol–water partition coefficient (Wildman–Crippen LogP) is 1.36. The second-order valence-electron chi connectivity index (χ2n) is 6.85. The largest absolute Gasteiger partial charge is 0.423 e. The van der Waals surface area contributed by atoms with Crippen LogP contribution in [0.25, 0.3) is 0 Å². The van der Waals surface area contributed by atoms with Gasteiger partial charge in [-0.05, 0) is 25.8 Å². The van der Waals surface area contributed by atoms with E-state index in [1.54, 1.807) is 18.5 Å². The zero-order chi connectivity index (χ0) is 18.8. The van der Waals surface area contributed by atoms with Gasteiger partial charge in [0.2, 0.25) is 29.3 Å². The first-order valence-corrected chi connectivity index (χ1v) is 9.13. The number of oxazole rings is 1. The molecule has 9 heteroatoms. The molecule has 1 unspecified atom stereocenters. The van der Waals surface area contributed by atoms with Crippen LogP contribution in [-0.2, 0) is 4.79 Å². The Labute approximate surface area is 157 Å². The second-order valence-corrected chi connectivity index (χ2v) is 6.85. The van der Waals surface area contributed by atoms with E-state index in [1.807, 2.05) is 11.8 Å². The molecule has 1 saturated carbocycles. The van der Waals surface area contributed by atoms with Crippen LogP contribution in [0.4, 0.5) is 11.8 Å². The standard InChI is InChI=1S/C18H21N7O2/c1-12(15(26)23-18-20-5-2-6-21-18)24-7-9-25(10-8-24)17-14(11-19)22-16(27-17)13-3-4-13/h2,5-6,12-13H,3-4,7-10H2,1H3,(H,20,21,23,26). The summed E-state index contributed by atoms with van der Waals surface area (Å²) in [6.07, 6.45) is 5.34. The van der Waals surface area contributed by atoms with Crippen LogP contribution in [0.1, 0.15) is 37.3 Å². The number of aromatic nitrogens is 3. The number of piperazine rings is 1. The highest BCUT2D eigenvalue weighted by atomic mass is 16.4. The van der Waals surface area contributed by atoms with Crippen LogP contribution in [0.5, 0.6) is 0 Å². The van der Waals surface area contributed by atoms with Crippen LogP contribution in [0.3, 0.4) is 0 Å². The van der Waals surface area contributed by atoms with Gasteiger partial charge in [-0.2, -0.15) is 5.26 Å². The van der Waals surface area contributed by atoms with Crippen LogP contribution in [0, 0.1) is 11.3 Å². The van der Waals surface area contributed by atoms with Crippen molar-refractivity contribution in [3.05, 3.63) is 30.0 Å². The molecule has 2 aliphatic rings. The maximum Gasteiger partial charge on any atom is 0.243 e. The van der Waals surface area contributed by atoms with Gasteiger partial charge in [-0.25, -0.2) is 15.0 Å². The Morgan fingerprint density at radius 1 is 1.30 bits per heavy atom. The third-order valence-corrected chi connectivity index (χ3v) is 4.99. The third-order valence-electron chi connectivity index (χ3n) is 4.99. The maximum atomic E-state index is 12.4. The lowest BCUT2D eigenvalue weighted by Crippen LogP contribution is -2.53. The van der Waals surface area contributed by atoms with Gasteiger partial charge in [0.1, 0.15) is 6.07 Å². The van der Waals surface area contributed by atoms with Gasteiger partial charge in [0.15, 0.2) is 0 Å². The zero-order valence-corrected chi connectivity index (χ0v) is 15.1. The van der Waals surface area contributed by atoms with Crippen molar-refractivity contribution in [2.24, 2.45) is 0 Å². The van der Waals surface area contributed by atoms with Crippen molar-refractivity contribution in [3.63, 3.8) is 0 Å². The zero-order valence-electron chi connectivity index (χ0n) is 15.1. The minimum absolute atomic E-state index is 0.136. The molecule has 1 aliphatic heterocycles. The number of nitrogens with zero attached hydrogens (tertiary/aromatic N) is 6. The van der Waals surface area contributed by atoms with Crippen molar-refractivity contribution in [1.29, 1.82) is 5.26 Å². The monoisotopic (exact) mass is 367 g/mol. The normalized spacial score (nSPS) is 18.7. The van der Waals surface area contributed by atoms with E-state index < -0.39 is 0 Å². The summed E-state index contributed by atoms with van der Waals surface area (Å²) >= 11 is 0. The fourth-order valence-corrected chi connectivity index (χ4v) is 3.18. The topological polar surface area (TPSA) is 111 Å². The first-order valence-electron chi connectivity index (χ1n) is 9.13. The summed E-state index contributed by atoms with van der Waals surface area (Å²) in [5.74, 6) is 1.79. The smallest absolute Gasteiger partial charge is 0.243 e. The summed E-state index contributed by atoms with van der Waals surface area (Å²) in [4.78, 5) is 28.9. The van der Waals surface area contributed by atoms with Crippen LogP contribution in [-0.4, -0.2) is 58.0 Å². The Kier molecular flexibility index (Phi) is 4.73. The van der Waals surface area contributed by atoms with Crippen LogP contribution >= 0.6 is 0 Å². The second kappa shape index (κ2) is 7.32. The fraction of sp³-hybridized carbons (Fsp3) is 0.500. The Hall–Kier alpha value is -2.99. The van der Waals surface area contributed by atoms with Gasteiger partial charge in [0.05, 0.1) is 6.04 Å². The molecule has 0 bridgehead atoms. The van der Waals surface area contributed by atoms with E-state index in [1.165, 1.54) is 0 Å². The molecular formula is C18H21N7O2. The molecule has 1 amide bonds. The third kappa shape index (κ3) is 3.75. The van der Waals surface area contributed by atoms with E-state index in [4.69, 9.17) is 4.42 Å². The summed E-state index contributed by atoms with van der Waals surface area (Å²) in [7, 11) is 0. The lowest BCUT2D eigenvalue weighted by Gasteiger charge is -2.37. The molecule has 27 heavy (non-hydrogen) atoms. The van der Waals surface area contributed by atoms with Gasteiger partial charge >= 0.3 is 0 Å². The minimum Gasteiger partial charge on any atom is -0.423 e. The van der Waals surface area contributed by atoms with E-state index in [-0.39, 0.29) is 11.9 Å². The van der Waals surface area contributed by atoms with E-state index >= 15 is 0 Å². The minimum atomic E-state index is -0.303. The molecule has 9 nitrogen and oxygen atoms in total. The van der Waals surface area contributed by atoms with E-state index in [0.29, 0.717) is 55.5 Å². The number of nitriles is 1. The molecular weight excluding hydrogens is 346 g/mol. The molecule has 1 saturated heterocycles. The van der Waals surface area contributed by atoms with Gasteiger partial charge in [-0.15, -0.1) is 0 Å². The Bertz CT molecular complexity index is 848. The van der Waals surface area contributed by atoms with Crippen molar-refractivity contribution < 1.29 is 9.21 Å². The lowest BCUT2D eigenvalue weighted by molar-refractivity contribution is -0.120. The first kappa shape index (κ1) is 17.4. The molecule has 0 aromatic carbocycles. The summed E-state index contributed by atoms with van der Waals surface area (Å²) in [6, 6.07) is 3.53. The number of carbonyl (C=O) groups excluding carboxylic acids is 1. The highest BCUT2D eigenvalue weighted by Crippen LogP contribution is 2.41. The average Bonchev–Trinajstić information content (AvgIpc) is 3.47. The number of nitrogens with one attached hydrogen (secondary N) is 1. The molecule has 0 radical (unpaired) electrons. The SMILES string of the molecule is CC(C(=O)Nc1ncccn1)N1CCN(c2oc(C3CC3)nc2C#N)CC1. The predicted molar refractivity (Wildman–Crippen MR) is 97.1 cm³/mol. The van der Waals surface area contributed by atoms with Crippen molar-refractivity contribution in [1.82, 2.24) is 19.9 Å². The Morgan fingerprint density at radius 2 is 2.00 bits per heavy atom. The molecule has 140 valence electrons. The number of amides is 1. The first-order chi connectivity index (χ1) is 13.2. The van der Waals surface area contributed by atoms with Crippen LogP contribution in [0.15, 0.2) is 22.9 Å². The van der Waals surface area contributed by atoms with Gasteiger partial charge in [0, 0.05) is 44.5 Å². The highest BCUT2D eigenvalue weighted by Gasteiger charge is 2.33. The molecule has 2 aromatic rings. The summed E-state index contributed by atoms with van der Waals surface area (Å²) in [6.45, 7) is 4.60. The van der Waals surface area contributed by atoms with Gasteiger partial charge in [0.25, 0.3) is 0 Å². The molecule has 1 N–H and O–H groups in total.